The van der Waals surface area contributed by atoms with Crippen molar-refractivity contribution in [2.75, 3.05) is 6.61 Å². The molecule has 0 N–H and O–H groups in total. The summed E-state index contributed by atoms with van der Waals surface area (Å²) in [6.45, 7) is 7.39. The lowest BCUT2D eigenvalue weighted by Crippen LogP contribution is -2.64. The third-order valence-corrected chi connectivity index (χ3v) is 9.94. The van der Waals surface area contributed by atoms with E-state index in [1.165, 1.54) is 61.7 Å². The molecule has 0 saturated heterocycles. The molecule has 2 aromatic carbocycles. The second-order valence-electron chi connectivity index (χ2n) is 9.48. The van der Waals surface area contributed by atoms with Gasteiger partial charge in [0.2, 0.25) is 0 Å². The van der Waals surface area contributed by atoms with Crippen LogP contribution in [0.15, 0.2) is 60.7 Å². The van der Waals surface area contributed by atoms with Crippen molar-refractivity contribution in [1.82, 2.24) is 0 Å². The molecule has 2 rings (SSSR count). The van der Waals surface area contributed by atoms with Crippen LogP contribution in [0.25, 0.3) is 0 Å². The average molecular weight is 493 g/mol. The molecule has 192 valence electrons. The Bertz CT molecular complexity index is 785. The Balaban J connectivity index is 2.11. The van der Waals surface area contributed by atoms with Crippen LogP contribution in [-0.2, 0) is 8.85 Å². The molecule has 0 heterocycles. The summed E-state index contributed by atoms with van der Waals surface area (Å²) in [5.74, 6) is 6.66. The Morgan fingerprint density at radius 1 is 0.657 bits per heavy atom. The number of hydrogen-bond donors (Lipinski definition) is 0. The zero-order valence-corrected chi connectivity index (χ0v) is 23.6. The molecular formula is C32H48O2Si. The monoisotopic (exact) mass is 492 g/mol. The quantitative estimate of drug-likeness (QED) is 0.120. The normalized spacial score (nSPS) is 12.2. The van der Waals surface area contributed by atoms with E-state index >= 15 is 0 Å². The highest BCUT2D eigenvalue weighted by Crippen LogP contribution is 2.18. The Morgan fingerprint density at radius 2 is 1.20 bits per heavy atom. The first-order chi connectivity index (χ1) is 17.3. The van der Waals surface area contributed by atoms with Gasteiger partial charge in [0.15, 0.2) is 0 Å². The highest BCUT2D eigenvalue weighted by Gasteiger charge is 2.44. The zero-order valence-electron chi connectivity index (χ0n) is 22.6. The second-order valence-corrected chi connectivity index (χ2v) is 12.4. The summed E-state index contributed by atoms with van der Waals surface area (Å²) >= 11 is 0. The molecule has 1 unspecified atom stereocenters. The average Bonchev–Trinajstić information content (AvgIpc) is 2.91. The Hall–Kier alpha value is -1.86. The summed E-state index contributed by atoms with van der Waals surface area (Å²) in [6, 6.07) is 21.3. The van der Waals surface area contributed by atoms with Crippen molar-refractivity contribution in [1.29, 1.82) is 0 Å². The minimum absolute atomic E-state index is 0.0644. The van der Waals surface area contributed by atoms with Gasteiger partial charge in [-0.3, -0.25) is 0 Å². The summed E-state index contributed by atoms with van der Waals surface area (Å²) in [5.41, 5.74) is 0. The molecule has 0 aliphatic rings. The number of hydrogen-bond acceptors (Lipinski definition) is 2. The van der Waals surface area contributed by atoms with E-state index in [2.05, 4.69) is 93.3 Å². The van der Waals surface area contributed by atoms with E-state index in [0.29, 0.717) is 0 Å². The molecule has 35 heavy (non-hydrogen) atoms. The Morgan fingerprint density at radius 3 is 1.71 bits per heavy atom. The van der Waals surface area contributed by atoms with Gasteiger partial charge in [-0.1, -0.05) is 133 Å². The number of benzene rings is 2. The first kappa shape index (κ1) is 29.4. The molecule has 0 bridgehead atoms. The van der Waals surface area contributed by atoms with Gasteiger partial charge in [0, 0.05) is 19.4 Å². The maximum Gasteiger partial charge on any atom is 0.407 e. The third-order valence-electron chi connectivity index (χ3n) is 6.48. The highest BCUT2D eigenvalue weighted by molar-refractivity contribution is 6.92. The molecule has 0 fully saturated rings. The van der Waals surface area contributed by atoms with Gasteiger partial charge in [-0.2, -0.15) is 0 Å². The van der Waals surface area contributed by atoms with E-state index in [9.17, 15) is 0 Å². The van der Waals surface area contributed by atoms with Gasteiger partial charge < -0.3 is 8.85 Å². The predicted molar refractivity (Wildman–Crippen MR) is 154 cm³/mol. The van der Waals surface area contributed by atoms with E-state index in [-0.39, 0.29) is 6.10 Å². The highest BCUT2D eigenvalue weighted by atomic mass is 28.4. The molecular weight excluding hydrogens is 444 g/mol. The number of unbranched alkanes of at least 4 members (excludes halogenated alkanes) is 9. The molecule has 0 aliphatic heterocycles. The molecule has 0 aromatic heterocycles. The van der Waals surface area contributed by atoms with Crippen LogP contribution < -0.4 is 10.4 Å². The van der Waals surface area contributed by atoms with E-state index in [0.717, 1.165) is 38.7 Å². The van der Waals surface area contributed by atoms with Crippen molar-refractivity contribution >= 4 is 18.9 Å². The topological polar surface area (TPSA) is 18.5 Å². The Labute approximate surface area is 217 Å². The minimum Gasteiger partial charge on any atom is -0.388 e. The van der Waals surface area contributed by atoms with Crippen molar-refractivity contribution in [2.45, 2.75) is 110 Å². The number of rotatable bonds is 18. The van der Waals surface area contributed by atoms with E-state index in [4.69, 9.17) is 8.85 Å². The summed E-state index contributed by atoms with van der Waals surface area (Å²) in [4.78, 5) is 0. The van der Waals surface area contributed by atoms with Crippen molar-refractivity contribution in [3.05, 3.63) is 60.7 Å². The van der Waals surface area contributed by atoms with Gasteiger partial charge in [0.05, 0.1) is 6.10 Å². The van der Waals surface area contributed by atoms with Crippen molar-refractivity contribution in [2.24, 2.45) is 0 Å². The van der Waals surface area contributed by atoms with Gasteiger partial charge in [-0.25, -0.2) is 0 Å². The largest absolute Gasteiger partial charge is 0.407 e. The van der Waals surface area contributed by atoms with Crippen LogP contribution in [0.2, 0.25) is 0 Å². The van der Waals surface area contributed by atoms with Gasteiger partial charge in [-0.15, -0.1) is 11.8 Å². The summed E-state index contributed by atoms with van der Waals surface area (Å²) < 4.78 is 13.9. The fourth-order valence-electron chi connectivity index (χ4n) is 4.35. The van der Waals surface area contributed by atoms with Gasteiger partial charge >= 0.3 is 8.56 Å². The van der Waals surface area contributed by atoms with Crippen LogP contribution in [0.1, 0.15) is 104 Å². The van der Waals surface area contributed by atoms with E-state index in [1.54, 1.807) is 0 Å². The van der Waals surface area contributed by atoms with Crippen LogP contribution in [0.4, 0.5) is 0 Å². The van der Waals surface area contributed by atoms with E-state index in [1.807, 2.05) is 0 Å². The fraction of sp³-hybridized carbons (Fsp3) is 0.562. The SMILES string of the molecule is CCCC#CCC(CC)O[Si](OCCCCCCCCCCC)(c1ccccc1)c1ccccc1. The zero-order chi connectivity index (χ0) is 25.0. The molecule has 0 amide bonds. The lowest BCUT2D eigenvalue weighted by molar-refractivity contribution is 0.129. The van der Waals surface area contributed by atoms with Crippen molar-refractivity contribution in [3.8, 4) is 11.8 Å². The van der Waals surface area contributed by atoms with Crippen molar-refractivity contribution in [3.63, 3.8) is 0 Å². The van der Waals surface area contributed by atoms with Crippen LogP contribution in [0.5, 0.6) is 0 Å². The van der Waals surface area contributed by atoms with Gasteiger partial charge in [-0.05, 0) is 29.6 Å². The summed E-state index contributed by atoms with van der Waals surface area (Å²) in [7, 11) is -2.86. The minimum atomic E-state index is -2.86. The van der Waals surface area contributed by atoms with Crippen molar-refractivity contribution < 1.29 is 8.85 Å². The Kier molecular flexibility index (Phi) is 15.4. The smallest absolute Gasteiger partial charge is 0.388 e. The standard InChI is InChI=1S/C32H48O2Si/c1-4-7-9-11-12-13-14-15-23-29-33-35(31-25-19-16-20-26-31,32-27-21-17-22-28-32)34-30(6-3)24-18-10-8-5-2/h16-17,19-22,25-28,30H,4-9,11-15,23-24,29H2,1-3H3. The summed E-state index contributed by atoms with van der Waals surface area (Å²) in [5, 5.41) is 2.36. The van der Waals surface area contributed by atoms with Crippen LogP contribution >= 0.6 is 0 Å². The molecule has 0 aliphatic carbocycles. The van der Waals surface area contributed by atoms with Crippen LogP contribution in [0.3, 0.4) is 0 Å². The van der Waals surface area contributed by atoms with Crippen LogP contribution in [0, 0.1) is 11.8 Å². The third kappa shape index (κ3) is 10.7. The molecule has 3 heteroatoms. The molecule has 2 nitrogen and oxygen atoms in total. The molecule has 0 radical (unpaired) electrons. The predicted octanol–water partition coefficient (Wildman–Crippen LogP) is 7.78. The molecule has 1 atom stereocenters. The van der Waals surface area contributed by atoms with Gasteiger partial charge in [0.1, 0.15) is 0 Å². The fourth-order valence-corrected chi connectivity index (χ4v) is 7.77. The maximum atomic E-state index is 7.04. The van der Waals surface area contributed by atoms with Gasteiger partial charge in [0.25, 0.3) is 0 Å². The lowest BCUT2D eigenvalue weighted by atomic mass is 10.1. The van der Waals surface area contributed by atoms with Crippen LogP contribution in [-0.4, -0.2) is 21.3 Å². The molecule has 0 saturated carbocycles. The first-order valence-electron chi connectivity index (χ1n) is 14.1. The lowest BCUT2D eigenvalue weighted by Gasteiger charge is -2.34. The molecule has 2 aromatic rings. The molecule has 0 spiro atoms. The van der Waals surface area contributed by atoms with E-state index < -0.39 is 8.56 Å². The first-order valence-corrected chi connectivity index (χ1v) is 16.0. The summed E-state index contributed by atoms with van der Waals surface area (Å²) in [6.07, 6.45) is 15.6. The second kappa shape index (κ2) is 18.4. The maximum absolute atomic E-state index is 7.04.